The fourth-order valence-electron chi connectivity index (χ4n) is 4.66. The predicted octanol–water partition coefficient (Wildman–Crippen LogP) is 3.01. The van der Waals surface area contributed by atoms with E-state index in [1.54, 1.807) is 6.92 Å². The summed E-state index contributed by atoms with van der Waals surface area (Å²) in [5.41, 5.74) is 1.36. The van der Waals surface area contributed by atoms with Gasteiger partial charge in [-0.15, -0.1) is 0 Å². The Hall–Kier alpha value is -1.81. The van der Waals surface area contributed by atoms with Crippen molar-refractivity contribution in [2.24, 2.45) is 5.92 Å². The Balaban J connectivity index is 0.00000135. The molecule has 5 rings (SSSR count). The molecule has 0 radical (unpaired) electrons. The summed E-state index contributed by atoms with van der Waals surface area (Å²) in [7, 11) is 0. The lowest BCUT2D eigenvalue weighted by Crippen LogP contribution is -2.19. The van der Waals surface area contributed by atoms with E-state index in [9.17, 15) is 4.79 Å². The SMILES string of the molecule is Cc1cc2ccc(O[C@H]3CC4CC[C@H]5NC45C3)cc2oc1=O.[HH]. The highest BCUT2D eigenvalue weighted by Crippen LogP contribution is 2.56. The van der Waals surface area contributed by atoms with Gasteiger partial charge in [-0.25, -0.2) is 4.79 Å². The minimum absolute atomic E-state index is 0. The van der Waals surface area contributed by atoms with Crippen LogP contribution in [0.15, 0.2) is 33.5 Å². The number of hydrogen-bond acceptors (Lipinski definition) is 4. The van der Waals surface area contributed by atoms with Gasteiger partial charge in [0.2, 0.25) is 0 Å². The molecular weight excluding hydrogens is 278 g/mol. The van der Waals surface area contributed by atoms with Gasteiger partial charge in [0.05, 0.1) is 0 Å². The first-order chi connectivity index (χ1) is 10.6. The van der Waals surface area contributed by atoms with Gasteiger partial charge in [0.15, 0.2) is 0 Å². The van der Waals surface area contributed by atoms with Crippen LogP contribution in [0.4, 0.5) is 0 Å². The van der Waals surface area contributed by atoms with Gasteiger partial charge in [-0.2, -0.15) is 0 Å². The van der Waals surface area contributed by atoms with Gasteiger partial charge in [0.1, 0.15) is 17.4 Å². The molecule has 1 N–H and O–H groups in total. The van der Waals surface area contributed by atoms with Crippen molar-refractivity contribution in [1.29, 1.82) is 0 Å². The van der Waals surface area contributed by atoms with E-state index < -0.39 is 0 Å². The molecule has 1 spiro atoms. The first kappa shape index (κ1) is 12.7. The third kappa shape index (κ3) is 1.70. The van der Waals surface area contributed by atoms with Crippen LogP contribution in [-0.4, -0.2) is 17.7 Å². The summed E-state index contributed by atoms with van der Waals surface area (Å²) < 4.78 is 11.5. The minimum Gasteiger partial charge on any atom is -0.490 e. The van der Waals surface area contributed by atoms with Gasteiger partial charge in [0, 0.05) is 36.4 Å². The summed E-state index contributed by atoms with van der Waals surface area (Å²) in [5, 5.41) is 4.60. The highest BCUT2D eigenvalue weighted by atomic mass is 16.5. The Bertz CT molecular complexity index is 833. The van der Waals surface area contributed by atoms with Crippen LogP contribution in [-0.2, 0) is 0 Å². The molecule has 2 saturated carbocycles. The van der Waals surface area contributed by atoms with Crippen molar-refractivity contribution in [2.45, 2.75) is 50.3 Å². The van der Waals surface area contributed by atoms with E-state index in [0.717, 1.165) is 35.9 Å². The molecule has 2 aromatic rings. The van der Waals surface area contributed by atoms with Crippen LogP contribution in [0.5, 0.6) is 5.75 Å². The Kier molecular flexibility index (Phi) is 2.39. The third-order valence-corrected chi connectivity index (χ3v) is 5.81. The number of nitrogens with one attached hydrogen (secondary N) is 1. The van der Waals surface area contributed by atoms with Crippen molar-refractivity contribution in [1.82, 2.24) is 5.32 Å². The van der Waals surface area contributed by atoms with Crippen molar-refractivity contribution < 1.29 is 10.6 Å². The number of benzene rings is 1. The van der Waals surface area contributed by atoms with Crippen LogP contribution in [0.1, 0.15) is 32.7 Å². The standard InChI is InChI=1S/C18H19NO3.H2/c1-10-6-11-2-4-13(8-15(11)22-17(10)20)21-14-7-12-3-5-16-18(12,9-14)19-16;/h2,4,6,8,12,14,16,19H,3,5,7,9H2,1H3;1H/t12?,14-,16+,18?;/m0./s1. The topological polar surface area (TPSA) is 61.4 Å². The number of hydrogen-bond donors (Lipinski definition) is 1. The van der Waals surface area contributed by atoms with Crippen LogP contribution < -0.4 is 15.7 Å². The lowest BCUT2D eigenvalue weighted by Gasteiger charge is -2.14. The summed E-state index contributed by atoms with van der Waals surface area (Å²) in [5.74, 6) is 1.58. The lowest BCUT2D eigenvalue weighted by molar-refractivity contribution is 0.201. The number of rotatable bonds is 2. The summed E-state index contributed by atoms with van der Waals surface area (Å²) in [6.07, 6.45) is 5.19. The maximum atomic E-state index is 11.7. The van der Waals surface area contributed by atoms with Crippen LogP contribution in [0, 0.1) is 12.8 Å². The molecule has 1 saturated heterocycles. The van der Waals surface area contributed by atoms with Gasteiger partial charge >= 0.3 is 5.63 Å². The van der Waals surface area contributed by atoms with Gasteiger partial charge in [-0.05, 0) is 50.3 Å². The molecule has 4 heteroatoms. The number of aryl methyl sites for hydroxylation is 1. The molecule has 1 aliphatic heterocycles. The smallest absolute Gasteiger partial charge is 0.339 e. The zero-order valence-corrected chi connectivity index (χ0v) is 12.6. The molecule has 1 aromatic heterocycles. The van der Waals surface area contributed by atoms with E-state index in [1.807, 2.05) is 24.3 Å². The molecule has 1 aromatic carbocycles. The first-order valence-electron chi connectivity index (χ1n) is 8.13. The lowest BCUT2D eigenvalue weighted by atomic mass is 9.99. The fourth-order valence-corrected chi connectivity index (χ4v) is 4.66. The third-order valence-electron chi connectivity index (χ3n) is 5.81. The minimum atomic E-state index is -0.274. The number of ether oxygens (including phenoxy) is 1. The van der Waals surface area contributed by atoms with E-state index >= 15 is 0 Å². The van der Waals surface area contributed by atoms with Crippen molar-refractivity contribution in [3.05, 3.63) is 40.2 Å². The average Bonchev–Trinajstić information content (AvgIpc) is 2.90. The maximum Gasteiger partial charge on any atom is 0.339 e. The van der Waals surface area contributed by atoms with Gasteiger partial charge < -0.3 is 14.5 Å². The predicted molar refractivity (Wildman–Crippen MR) is 85.4 cm³/mol. The van der Waals surface area contributed by atoms with Crippen molar-refractivity contribution in [3.8, 4) is 5.75 Å². The van der Waals surface area contributed by atoms with E-state index in [2.05, 4.69) is 5.32 Å². The molecule has 116 valence electrons. The quantitative estimate of drug-likeness (QED) is 0.684. The molecule has 2 unspecified atom stereocenters. The summed E-state index contributed by atoms with van der Waals surface area (Å²) >= 11 is 0. The highest BCUT2D eigenvalue weighted by Gasteiger charge is 2.66. The van der Waals surface area contributed by atoms with E-state index in [1.165, 1.54) is 12.8 Å². The molecule has 4 atom stereocenters. The summed E-state index contributed by atoms with van der Waals surface area (Å²) in [6.45, 7) is 1.77. The van der Waals surface area contributed by atoms with Crippen LogP contribution in [0.25, 0.3) is 11.0 Å². The maximum absolute atomic E-state index is 11.7. The van der Waals surface area contributed by atoms with Crippen LogP contribution in [0.2, 0.25) is 0 Å². The molecule has 3 fully saturated rings. The average molecular weight is 299 g/mol. The molecular formula is C18H21NO3. The molecule has 2 aliphatic carbocycles. The first-order valence-corrected chi connectivity index (χ1v) is 8.13. The monoisotopic (exact) mass is 299 g/mol. The van der Waals surface area contributed by atoms with Crippen LogP contribution in [0.3, 0.4) is 0 Å². The Morgan fingerprint density at radius 1 is 1.36 bits per heavy atom. The van der Waals surface area contributed by atoms with Gasteiger partial charge in [-0.3, -0.25) is 0 Å². The molecule has 0 bridgehead atoms. The molecule has 0 amide bonds. The van der Waals surface area contributed by atoms with Crippen molar-refractivity contribution >= 4 is 11.0 Å². The largest absolute Gasteiger partial charge is 0.490 e. The Morgan fingerprint density at radius 3 is 3.09 bits per heavy atom. The van der Waals surface area contributed by atoms with Crippen molar-refractivity contribution in [3.63, 3.8) is 0 Å². The summed E-state index contributed by atoms with van der Waals surface area (Å²) in [6, 6.07) is 8.39. The fraction of sp³-hybridized carbons (Fsp3) is 0.500. The van der Waals surface area contributed by atoms with Crippen LogP contribution >= 0.6 is 0 Å². The highest BCUT2D eigenvalue weighted by molar-refractivity contribution is 5.78. The Morgan fingerprint density at radius 2 is 2.27 bits per heavy atom. The van der Waals surface area contributed by atoms with Gasteiger partial charge in [-0.1, -0.05) is 0 Å². The second-order valence-electron chi connectivity index (χ2n) is 7.11. The van der Waals surface area contributed by atoms with E-state index in [4.69, 9.17) is 9.15 Å². The second-order valence-corrected chi connectivity index (χ2v) is 7.11. The molecule has 4 nitrogen and oxygen atoms in total. The Labute approximate surface area is 129 Å². The normalized spacial score (nSPS) is 35.4. The van der Waals surface area contributed by atoms with Crippen molar-refractivity contribution in [2.75, 3.05) is 0 Å². The molecule has 22 heavy (non-hydrogen) atoms. The number of fused-ring (bicyclic) bond motifs is 1. The van der Waals surface area contributed by atoms with E-state index in [0.29, 0.717) is 16.7 Å². The number of piperidine rings is 1. The molecule has 2 heterocycles. The van der Waals surface area contributed by atoms with E-state index in [-0.39, 0.29) is 13.2 Å². The zero-order valence-electron chi connectivity index (χ0n) is 12.6. The zero-order chi connectivity index (χ0) is 14.9. The second kappa shape index (κ2) is 4.13. The van der Waals surface area contributed by atoms with Gasteiger partial charge in [0.25, 0.3) is 0 Å². The summed E-state index contributed by atoms with van der Waals surface area (Å²) in [4.78, 5) is 11.7. The molecule has 3 aliphatic rings.